The first-order chi connectivity index (χ1) is 10.0. The highest BCUT2D eigenvalue weighted by Gasteiger charge is 2.20. The fraction of sp³-hybridized carbons (Fsp3) is 0.167. The number of nitro groups is 1. The van der Waals surface area contributed by atoms with E-state index in [1.807, 2.05) is 6.92 Å². The quantitative estimate of drug-likeness (QED) is 0.495. The zero-order valence-corrected chi connectivity index (χ0v) is 11.8. The molecule has 0 spiro atoms. The van der Waals surface area contributed by atoms with E-state index in [1.165, 1.54) is 24.3 Å². The first-order valence-electron chi connectivity index (χ1n) is 6.00. The van der Waals surface area contributed by atoms with Crippen LogP contribution in [0.3, 0.4) is 0 Å². The molecule has 8 nitrogen and oxygen atoms in total. The average molecular weight is 310 g/mol. The van der Waals surface area contributed by atoms with E-state index < -0.39 is 4.92 Å². The van der Waals surface area contributed by atoms with Crippen LogP contribution in [0.15, 0.2) is 24.3 Å². The van der Waals surface area contributed by atoms with Crippen LogP contribution in [0.1, 0.15) is 12.7 Å². The normalized spacial score (nSPS) is 10.2. The Balaban J connectivity index is 2.45. The number of rotatable bonds is 5. The number of hydrogen-bond donors (Lipinski definition) is 2. The lowest BCUT2D eigenvalue weighted by Crippen LogP contribution is -2.10. The molecule has 1 aromatic carbocycles. The highest BCUT2D eigenvalue weighted by Crippen LogP contribution is 2.37. The molecule has 0 radical (unpaired) electrons. The largest absolute Gasteiger partial charge is 0.430 e. The number of ether oxygens (including phenoxy) is 1. The summed E-state index contributed by atoms with van der Waals surface area (Å²) in [6.07, 6.45) is 0.552. The number of nitrogen functional groups attached to an aromatic ring is 1. The lowest BCUT2D eigenvalue weighted by Gasteiger charge is -2.09. The number of nitrogens with two attached hydrogens (primary N) is 1. The van der Waals surface area contributed by atoms with Crippen molar-refractivity contribution in [3.8, 4) is 11.6 Å². The molecule has 0 fully saturated rings. The maximum Gasteiger partial charge on any atom is 0.313 e. The molecule has 0 unspecified atom stereocenters. The number of benzene rings is 1. The second-order valence-electron chi connectivity index (χ2n) is 3.95. The Morgan fingerprint density at radius 3 is 2.86 bits per heavy atom. The monoisotopic (exact) mass is 309 g/mol. The predicted octanol–water partition coefficient (Wildman–Crippen LogP) is 2.68. The van der Waals surface area contributed by atoms with E-state index in [2.05, 4.69) is 15.4 Å². The summed E-state index contributed by atoms with van der Waals surface area (Å²) >= 11 is 5.96. The lowest BCUT2D eigenvalue weighted by molar-refractivity contribution is -0.385. The van der Waals surface area contributed by atoms with Crippen LogP contribution in [0, 0.1) is 10.1 Å². The van der Waals surface area contributed by atoms with Crippen LogP contribution in [0.5, 0.6) is 11.6 Å². The van der Waals surface area contributed by atoms with Crippen molar-refractivity contribution >= 4 is 23.1 Å². The number of nitro benzene ring substituents is 1. The van der Waals surface area contributed by atoms with Crippen LogP contribution >= 0.6 is 11.6 Å². The number of para-hydroxylation sites is 1. The van der Waals surface area contributed by atoms with Crippen molar-refractivity contribution in [2.24, 2.45) is 5.84 Å². The number of hydrazine groups is 1. The molecule has 0 aliphatic rings. The fourth-order valence-electron chi connectivity index (χ4n) is 1.60. The van der Waals surface area contributed by atoms with Crippen molar-refractivity contribution < 1.29 is 9.66 Å². The van der Waals surface area contributed by atoms with Gasteiger partial charge in [0.15, 0.2) is 0 Å². The molecule has 0 amide bonds. The number of hydrogen-bond acceptors (Lipinski definition) is 7. The first kappa shape index (κ1) is 14.9. The Labute approximate surface area is 125 Å². The molecule has 9 heteroatoms. The van der Waals surface area contributed by atoms with Gasteiger partial charge in [0.1, 0.15) is 11.6 Å². The molecule has 0 atom stereocenters. The smallest absolute Gasteiger partial charge is 0.313 e. The molecule has 0 bridgehead atoms. The van der Waals surface area contributed by atoms with Crippen molar-refractivity contribution in [2.45, 2.75) is 13.3 Å². The van der Waals surface area contributed by atoms with E-state index in [0.717, 1.165) is 0 Å². The van der Waals surface area contributed by atoms with Crippen molar-refractivity contribution in [3.05, 3.63) is 45.2 Å². The molecule has 21 heavy (non-hydrogen) atoms. The average Bonchev–Trinajstić information content (AvgIpc) is 2.48. The summed E-state index contributed by atoms with van der Waals surface area (Å²) in [6.45, 7) is 1.86. The third kappa shape index (κ3) is 3.36. The highest BCUT2D eigenvalue weighted by atomic mass is 35.5. The van der Waals surface area contributed by atoms with Gasteiger partial charge >= 0.3 is 5.69 Å². The van der Waals surface area contributed by atoms with Gasteiger partial charge in [-0.3, -0.25) is 10.1 Å². The zero-order chi connectivity index (χ0) is 15.4. The summed E-state index contributed by atoms with van der Waals surface area (Å²) in [6, 6.07) is 5.68. The molecular formula is C12H12ClN5O3. The van der Waals surface area contributed by atoms with Gasteiger partial charge in [-0.15, -0.1) is 0 Å². The molecule has 2 aromatic rings. The summed E-state index contributed by atoms with van der Waals surface area (Å²) < 4.78 is 5.47. The molecule has 1 heterocycles. The number of aryl methyl sites for hydroxylation is 1. The Morgan fingerprint density at radius 1 is 1.48 bits per heavy atom. The minimum atomic E-state index is -0.578. The molecule has 2 rings (SSSR count). The number of aromatic nitrogens is 2. The topological polar surface area (TPSA) is 116 Å². The number of anilines is 1. The minimum Gasteiger partial charge on any atom is -0.430 e. The van der Waals surface area contributed by atoms with Crippen molar-refractivity contribution in [2.75, 3.05) is 5.43 Å². The Morgan fingerprint density at radius 2 is 2.24 bits per heavy atom. The van der Waals surface area contributed by atoms with Gasteiger partial charge in [0.25, 0.3) is 0 Å². The van der Waals surface area contributed by atoms with E-state index in [-0.39, 0.29) is 22.3 Å². The van der Waals surface area contributed by atoms with Crippen LogP contribution in [0.25, 0.3) is 0 Å². The molecule has 0 aliphatic heterocycles. The molecular weight excluding hydrogens is 298 g/mol. The molecule has 1 aromatic heterocycles. The summed E-state index contributed by atoms with van der Waals surface area (Å²) in [4.78, 5) is 18.7. The minimum absolute atomic E-state index is 0.0760. The second kappa shape index (κ2) is 6.33. The predicted molar refractivity (Wildman–Crippen MR) is 77.4 cm³/mol. The van der Waals surface area contributed by atoms with Crippen LogP contribution in [-0.2, 0) is 6.42 Å². The lowest BCUT2D eigenvalue weighted by atomic mass is 10.3. The zero-order valence-electron chi connectivity index (χ0n) is 11.0. The SMILES string of the molecule is CCc1nc(NN)cc(Oc2c(Cl)cccc2[N+](=O)[O-])n1. The van der Waals surface area contributed by atoms with E-state index in [9.17, 15) is 10.1 Å². The van der Waals surface area contributed by atoms with E-state index in [1.54, 1.807) is 0 Å². The number of nitrogens with zero attached hydrogens (tertiary/aromatic N) is 3. The summed E-state index contributed by atoms with van der Waals surface area (Å²) in [5, 5.41) is 11.1. The van der Waals surface area contributed by atoms with Crippen molar-refractivity contribution in [3.63, 3.8) is 0 Å². The van der Waals surface area contributed by atoms with Crippen LogP contribution < -0.4 is 16.0 Å². The molecule has 0 aliphatic carbocycles. The summed E-state index contributed by atoms with van der Waals surface area (Å²) in [5.41, 5.74) is 2.13. The number of halogens is 1. The van der Waals surface area contributed by atoms with Crippen molar-refractivity contribution in [1.29, 1.82) is 0 Å². The van der Waals surface area contributed by atoms with Gasteiger partial charge in [-0.1, -0.05) is 24.6 Å². The van der Waals surface area contributed by atoms with Gasteiger partial charge in [0, 0.05) is 18.6 Å². The third-order valence-electron chi connectivity index (χ3n) is 2.56. The van der Waals surface area contributed by atoms with E-state index in [0.29, 0.717) is 18.1 Å². The van der Waals surface area contributed by atoms with E-state index in [4.69, 9.17) is 22.2 Å². The standard InChI is InChI=1S/C12H12ClN5O3/c1-2-9-15-10(17-14)6-11(16-9)21-12-7(13)4-3-5-8(12)18(19)20/h3-6H,2,14H2,1H3,(H,15,16,17). The summed E-state index contributed by atoms with van der Waals surface area (Å²) in [7, 11) is 0. The molecule has 0 saturated carbocycles. The Hall–Kier alpha value is -2.45. The van der Waals surface area contributed by atoms with Gasteiger partial charge in [0.2, 0.25) is 11.6 Å². The first-order valence-corrected chi connectivity index (χ1v) is 6.38. The molecule has 3 N–H and O–H groups in total. The van der Waals surface area contributed by atoms with Gasteiger partial charge in [-0.2, -0.15) is 4.98 Å². The van der Waals surface area contributed by atoms with Gasteiger partial charge < -0.3 is 10.2 Å². The van der Waals surface area contributed by atoms with Crippen molar-refractivity contribution in [1.82, 2.24) is 9.97 Å². The van der Waals surface area contributed by atoms with E-state index >= 15 is 0 Å². The van der Waals surface area contributed by atoms with Crippen LogP contribution in [-0.4, -0.2) is 14.9 Å². The maximum absolute atomic E-state index is 11.0. The van der Waals surface area contributed by atoms with Crippen LogP contribution in [0.4, 0.5) is 11.5 Å². The third-order valence-corrected chi connectivity index (χ3v) is 2.86. The van der Waals surface area contributed by atoms with Crippen LogP contribution in [0.2, 0.25) is 5.02 Å². The van der Waals surface area contributed by atoms with Gasteiger partial charge in [0.05, 0.1) is 9.95 Å². The molecule has 110 valence electrons. The maximum atomic E-state index is 11.0. The Bertz CT molecular complexity index is 658. The number of nitrogens with one attached hydrogen (secondary N) is 1. The highest BCUT2D eigenvalue weighted by molar-refractivity contribution is 6.32. The second-order valence-corrected chi connectivity index (χ2v) is 4.36. The molecule has 0 saturated heterocycles. The van der Waals surface area contributed by atoms with Gasteiger partial charge in [-0.25, -0.2) is 10.8 Å². The fourth-order valence-corrected chi connectivity index (χ4v) is 1.81. The van der Waals surface area contributed by atoms with Gasteiger partial charge in [-0.05, 0) is 6.07 Å². The summed E-state index contributed by atoms with van der Waals surface area (Å²) in [5.74, 6) is 6.18. The Kier molecular flexibility index (Phi) is 4.51.